The van der Waals surface area contributed by atoms with Crippen LogP contribution in [0.5, 0.6) is 5.75 Å². The highest BCUT2D eigenvalue weighted by molar-refractivity contribution is 6.30. The van der Waals surface area contributed by atoms with Crippen molar-refractivity contribution in [3.05, 3.63) is 29.3 Å². The molecule has 1 aromatic rings. The summed E-state index contributed by atoms with van der Waals surface area (Å²) in [7, 11) is 1.75. The highest BCUT2D eigenvalue weighted by Gasteiger charge is 2.21. The second kappa shape index (κ2) is 8.35. The molecule has 1 amide bonds. The van der Waals surface area contributed by atoms with E-state index in [1.165, 1.54) is 0 Å². The molecule has 2 N–H and O–H groups in total. The lowest BCUT2D eigenvalue weighted by molar-refractivity contribution is -0.133. The van der Waals surface area contributed by atoms with Gasteiger partial charge in [-0.05, 0) is 30.2 Å². The van der Waals surface area contributed by atoms with Gasteiger partial charge in [-0.3, -0.25) is 4.79 Å². The Kier molecular flexibility index (Phi) is 7.94. The molecule has 6 heteroatoms. The van der Waals surface area contributed by atoms with E-state index in [1.807, 2.05) is 13.8 Å². The predicted molar refractivity (Wildman–Crippen MR) is 84.7 cm³/mol. The molecule has 1 rings (SSSR count). The van der Waals surface area contributed by atoms with Crippen LogP contribution in [0.4, 0.5) is 0 Å². The lowest BCUT2D eigenvalue weighted by Crippen LogP contribution is -2.41. The van der Waals surface area contributed by atoms with Crippen LogP contribution < -0.4 is 10.5 Å². The summed E-state index contributed by atoms with van der Waals surface area (Å²) < 4.78 is 5.41. The Bertz CT molecular complexity index is 439. The minimum atomic E-state index is -0.0968. The van der Waals surface area contributed by atoms with Crippen LogP contribution in [0, 0.1) is 5.41 Å². The van der Waals surface area contributed by atoms with Crippen molar-refractivity contribution < 1.29 is 9.53 Å². The van der Waals surface area contributed by atoms with Gasteiger partial charge in [-0.25, -0.2) is 0 Å². The number of ether oxygens (including phenoxy) is 1. The summed E-state index contributed by atoms with van der Waals surface area (Å²) in [4.78, 5) is 13.6. The van der Waals surface area contributed by atoms with E-state index in [9.17, 15) is 4.79 Å². The van der Waals surface area contributed by atoms with Gasteiger partial charge in [0.05, 0.1) is 0 Å². The van der Waals surface area contributed by atoms with Crippen LogP contribution in [0.25, 0.3) is 0 Å². The number of rotatable bonds is 6. The zero-order valence-corrected chi connectivity index (χ0v) is 13.6. The van der Waals surface area contributed by atoms with Crippen molar-refractivity contribution in [3.8, 4) is 5.75 Å². The maximum absolute atomic E-state index is 11.9. The van der Waals surface area contributed by atoms with E-state index in [4.69, 9.17) is 22.1 Å². The van der Waals surface area contributed by atoms with Gasteiger partial charge in [-0.2, -0.15) is 0 Å². The van der Waals surface area contributed by atoms with Crippen LogP contribution in [0.3, 0.4) is 0 Å². The summed E-state index contributed by atoms with van der Waals surface area (Å²) in [6.45, 7) is 5.17. The lowest BCUT2D eigenvalue weighted by atomic mass is 9.93. The van der Waals surface area contributed by atoms with Gasteiger partial charge in [0.15, 0.2) is 6.61 Å². The van der Waals surface area contributed by atoms with E-state index in [0.29, 0.717) is 23.9 Å². The molecule has 1 aromatic carbocycles. The van der Waals surface area contributed by atoms with Crippen LogP contribution >= 0.6 is 24.0 Å². The summed E-state index contributed by atoms with van der Waals surface area (Å²) in [5.41, 5.74) is 5.56. The van der Waals surface area contributed by atoms with E-state index in [1.54, 1.807) is 36.2 Å². The fourth-order valence-corrected chi connectivity index (χ4v) is 1.79. The Labute approximate surface area is 131 Å². The number of nitrogens with zero attached hydrogens (tertiary/aromatic N) is 1. The predicted octanol–water partition coefficient (Wildman–Crippen LogP) is 2.58. The third-order valence-corrected chi connectivity index (χ3v) is 3.04. The van der Waals surface area contributed by atoms with E-state index in [0.717, 1.165) is 0 Å². The number of carbonyl (C=O) groups excluding carboxylic acids is 1. The Hall–Kier alpha value is -0.970. The van der Waals surface area contributed by atoms with E-state index in [-0.39, 0.29) is 30.3 Å². The van der Waals surface area contributed by atoms with Gasteiger partial charge < -0.3 is 15.4 Å². The molecular formula is C14H22Cl2N2O2. The van der Waals surface area contributed by atoms with Gasteiger partial charge in [0, 0.05) is 18.6 Å². The molecule has 0 bridgehead atoms. The van der Waals surface area contributed by atoms with Crippen molar-refractivity contribution in [1.29, 1.82) is 0 Å². The molecule has 4 nitrogen and oxygen atoms in total. The van der Waals surface area contributed by atoms with Crippen LogP contribution in [-0.2, 0) is 4.79 Å². The summed E-state index contributed by atoms with van der Waals surface area (Å²) in [6, 6.07) is 6.98. The third-order valence-electron chi connectivity index (χ3n) is 2.80. The summed E-state index contributed by atoms with van der Waals surface area (Å²) in [6.07, 6.45) is 0. The SMILES string of the molecule is CN(CC(C)(C)CN)C(=O)COc1cccc(Cl)c1.Cl. The largest absolute Gasteiger partial charge is 0.484 e. The first-order chi connectivity index (χ1) is 8.84. The molecule has 0 aliphatic rings. The maximum atomic E-state index is 11.9. The van der Waals surface area contributed by atoms with Crippen molar-refractivity contribution in [2.45, 2.75) is 13.8 Å². The fraction of sp³-hybridized carbons (Fsp3) is 0.500. The van der Waals surface area contributed by atoms with Gasteiger partial charge in [0.25, 0.3) is 5.91 Å². The molecule has 0 aliphatic carbocycles. The number of carbonyl (C=O) groups is 1. The Morgan fingerprint density at radius 2 is 2.10 bits per heavy atom. The number of hydrogen-bond acceptors (Lipinski definition) is 3. The second-order valence-electron chi connectivity index (χ2n) is 5.36. The minimum Gasteiger partial charge on any atom is -0.484 e. The monoisotopic (exact) mass is 320 g/mol. The molecule has 0 radical (unpaired) electrons. The molecule has 0 fully saturated rings. The second-order valence-corrected chi connectivity index (χ2v) is 5.80. The number of hydrogen-bond donors (Lipinski definition) is 1. The zero-order chi connectivity index (χ0) is 14.5. The first-order valence-corrected chi connectivity index (χ1v) is 6.54. The highest BCUT2D eigenvalue weighted by atomic mass is 35.5. The molecular weight excluding hydrogens is 299 g/mol. The number of amides is 1. The Morgan fingerprint density at radius 3 is 2.65 bits per heavy atom. The summed E-state index contributed by atoms with van der Waals surface area (Å²) in [5, 5.41) is 0.586. The molecule has 20 heavy (non-hydrogen) atoms. The smallest absolute Gasteiger partial charge is 0.260 e. The van der Waals surface area contributed by atoms with Crippen LogP contribution in [0.1, 0.15) is 13.8 Å². The molecule has 0 aliphatic heterocycles. The van der Waals surface area contributed by atoms with Crippen LogP contribution in [0.2, 0.25) is 5.02 Å². The third kappa shape index (κ3) is 6.46. The molecule has 0 heterocycles. The maximum Gasteiger partial charge on any atom is 0.260 e. The summed E-state index contributed by atoms with van der Waals surface area (Å²) >= 11 is 5.84. The Morgan fingerprint density at radius 1 is 1.45 bits per heavy atom. The van der Waals surface area contributed by atoms with E-state index >= 15 is 0 Å². The van der Waals surface area contributed by atoms with Crippen LogP contribution in [0.15, 0.2) is 24.3 Å². The average molecular weight is 321 g/mol. The summed E-state index contributed by atoms with van der Waals surface area (Å²) in [5.74, 6) is 0.508. The molecule has 0 saturated carbocycles. The highest BCUT2D eigenvalue weighted by Crippen LogP contribution is 2.17. The quantitative estimate of drug-likeness (QED) is 0.876. The van der Waals surface area contributed by atoms with Gasteiger partial charge in [-0.1, -0.05) is 31.5 Å². The number of benzene rings is 1. The molecule has 0 unspecified atom stereocenters. The average Bonchev–Trinajstić information content (AvgIpc) is 2.35. The lowest BCUT2D eigenvalue weighted by Gasteiger charge is -2.29. The Balaban J connectivity index is 0.00000361. The molecule has 114 valence electrons. The van der Waals surface area contributed by atoms with Gasteiger partial charge >= 0.3 is 0 Å². The van der Waals surface area contributed by atoms with E-state index < -0.39 is 0 Å². The van der Waals surface area contributed by atoms with Crippen molar-refractivity contribution in [2.24, 2.45) is 11.1 Å². The molecule has 0 atom stereocenters. The number of likely N-dealkylation sites (N-methyl/N-ethyl adjacent to an activating group) is 1. The van der Waals surface area contributed by atoms with Crippen molar-refractivity contribution >= 4 is 29.9 Å². The topological polar surface area (TPSA) is 55.6 Å². The van der Waals surface area contributed by atoms with Crippen molar-refractivity contribution in [3.63, 3.8) is 0 Å². The van der Waals surface area contributed by atoms with Gasteiger partial charge in [0.1, 0.15) is 5.75 Å². The first-order valence-electron chi connectivity index (χ1n) is 6.16. The van der Waals surface area contributed by atoms with Crippen LogP contribution in [-0.4, -0.2) is 37.6 Å². The fourth-order valence-electron chi connectivity index (χ4n) is 1.61. The van der Waals surface area contributed by atoms with Crippen molar-refractivity contribution in [1.82, 2.24) is 4.90 Å². The van der Waals surface area contributed by atoms with Gasteiger partial charge in [0.2, 0.25) is 0 Å². The standard InChI is InChI=1S/C14H21ClN2O2.ClH/c1-14(2,9-16)10-17(3)13(18)8-19-12-6-4-5-11(15)7-12;/h4-7H,8-10,16H2,1-3H3;1H. The van der Waals surface area contributed by atoms with Gasteiger partial charge in [-0.15, -0.1) is 12.4 Å². The van der Waals surface area contributed by atoms with Crippen molar-refractivity contribution in [2.75, 3.05) is 26.7 Å². The molecule has 0 spiro atoms. The number of halogens is 2. The minimum absolute atomic E-state index is 0. The zero-order valence-electron chi connectivity index (χ0n) is 12.1. The number of nitrogens with two attached hydrogens (primary N) is 1. The normalized spacial score (nSPS) is 10.7. The molecule has 0 saturated heterocycles. The molecule has 0 aromatic heterocycles. The van der Waals surface area contributed by atoms with E-state index in [2.05, 4.69) is 0 Å². The first kappa shape index (κ1) is 19.0.